The third-order valence-corrected chi connectivity index (χ3v) is 0. The third-order valence-electron chi connectivity index (χ3n) is 0. The molecule has 0 unspecified atom stereocenters. The maximum Gasteiger partial charge on any atom is 0.379 e. The van der Waals surface area contributed by atoms with Gasteiger partial charge in [-0.15, -0.1) is 0 Å². The molecule has 0 saturated carbocycles. The van der Waals surface area contributed by atoms with E-state index < -0.39 is 0 Å². The van der Waals surface area contributed by atoms with Crippen LogP contribution >= 0.6 is 0 Å². The second-order valence-electron chi connectivity index (χ2n) is 0.408. The Balaban J connectivity index is 0. The second kappa shape index (κ2) is 8.82. The zero-order valence-electron chi connectivity index (χ0n) is 2.99. The zero-order chi connectivity index (χ0) is 2.71. The fraction of sp³-hybridized carbons (Fsp3) is 0. The van der Waals surface area contributed by atoms with Crippen molar-refractivity contribution in [2.24, 2.45) is 0 Å². The summed E-state index contributed by atoms with van der Waals surface area (Å²) in [6.45, 7) is 0. The largest absolute Gasteiger partial charge is 0.647 e. The van der Waals surface area contributed by atoms with Crippen LogP contribution in [0.3, 0.4) is 0 Å². The first-order valence-corrected chi connectivity index (χ1v) is 2.45. The minimum absolute atomic E-state index is 0. The third kappa shape index (κ3) is 9.59. The van der Waals surface area contributed by atoms with Gasteiger partial charge < -0.3 is 2.84 Å². The Hall–Kier alpha value is 1.56. The van der Waals surface area contributed by atoms with Crippen molar-refractivity contribution in [2.45, 2.75) is 0 Å². The fourth-order valence-corrected chi connectivity index (χ4v) is 0. The van der Waals surface area contributed by atoms with Crippen molar-refractivity contribution in [3.63, 3.8) is 0 Å². The van der Waals surface area contributed by atoms with Crippen LogP contribution in [0.25, 0.3) is 0 Å². The van der Waals surface area contributed by atoms with Crippen LogP contribution < -0.4 is 0 Å². The Bertz CT molecular complexity index is 3.25. The zero-order valence-corrected chi connectivity index (χ0v) is 8.14. The van der Waals surface area contributed by atoms with Gasteiger partial charge in [0.2, 0.25) is 0 Å². The number of hydrogen-bond donors (Lipinski definition) is 0. The van der Waals surface area contributed by atoms with Crippen molar-refractivity contribution in [1.82, 2.24) is 0 Å². The van der Waals surface area contributed by atoms with Crippen LogP contribution in [0.2, 0.25) is 0 Å². The Morgan fingerprint density at radius 3 is 1.25 bits per heavy atom. The first-order valence-electron chi connectivity index (χ1n) is 0.816. The number of hydrogen-bond acceptors (Lipinski definition) is 1. The molecule has 4 heteroatoms. The Morgan fingerprint density at radius 1 is 1.25 bits per heavy atom. The number of rotatable bonds is 0. The summed E-state index contributed by atoms with van der Waals surface area (Å²) in [4.78, 5) is 0. The fourth-order valence-electron chi connectivity index (χ4n) is 0. The van der Waals surface area contributed by atoms with Crippen LogP contribution in [-0.2, 0) is 2.84 Å². The Kier molecular flexibility index (Phi) is 20.1. The second-order valence-corrected chi connectivity index (χ2v) is 3.67. The van der Waals surface area contributed by atoms with Crippen LogP contribution in [0.5, 0.6) is 0 Å². The monoisotopic (exact) mass is 101 g/mol. The van der Waals surface area contributed by atoms with Gasteiger partial charge in [-0.25, -0.2) is 0 Å². The van der Waals surface area contributed by atoms with E-state index >= 15 is 0 Å². The topological polar surface area (TPSA) is 9.23 Å². The van der Waals surface area contributed by atoms with Gasteiger partial charge in [0.15, 0.2) is 0 Å². The molecule has 0 aliphatic rings. The molecule has 4 heavy (non-hydrogen) atoms. The first kappa shape index (κ1) is 9.12. The van der Waals surface area contributed by atoms with E-state index in [4.69, 9.17) is 0 Å². The van der Waals surface area contributed by atoms with Crippen LogP contribution in [0.15, 0.2) is 0 Å². The normalized spacial score (nSPS) is 4.00. The van der Waals surface area contributed by atoms with E-state index in [-0.39, 0.29) is 17.4 Å². The van der Waals surface area contributed by atoms with Crippen molar-refractivity contribution in [3.05, 3.63) is 0 Å². The van der Waals surface area contributed by atoms with Gasteiger partial charge >= 0.3 is 33.2 Å². The van der Waals surface area contributed by atoms with Crippen molar-refractivity contribution in [3.8, 4) is 0 Å². The molecule has 19 valence electrons. The molecule has 0 heterocycles. The molecule has 0 rings (SSSR count). The summed E-state index contributed by atoms with van der Waals surface area (Å²) in [6.07, 6.45) is 0. The highest BCUT2D eigenvalue weighted by Crippen LogP contribution is 1.20. The average Bonchev–Trinajstić information content (AvgIpc) is 0.918. The van der Waals surface area contributed by atoms with E-state index in [2.05, 4.69) is 2.84 Å². The van der Waals surface area contributed by atoms with Crippen molar-refractivity contribution in [1.29, 1.82) is 0 Å². The van der Waals surface area contributed by atoms with E-state index in [1.54, 1.807) is 0 Å². The molecule has 0 spiro atoms. The molecule has 0 aromatic heterocycles. The summed E-state index contributed by atoms with van der Waals surface area (Å²) in [5, 5.41) is 0. The molecule has 0 aliphatic carbocycles. The lowest BCUT2D eigenvalue weighted by molar-refractivity contribution is 0.690. The minimum atomic E-state index is 0. The van der Waals surface area contributed by atoms with Gasteiger partial charge in [0.05, 0.1) is 0 Å². The first-order chi connectivity index (χ1) is 1.41. The lowest BCUT2D eigenvalue weighted by atomic mass is 15.8. The van der Waals surface area contributed by atoms with Crippen molar-refractivity contribution < 1.29 is 2.84 Å². The van der Waals surface area contributed by atoms with E-state index in [1.165, 1.54) is 0 Å². The Labute approximate surface area is 53.4 Å². The quantitative estimate of drug-likeness (QED) is 0.312. The molecule has 0 bridgehead atoms. The SMILES string of the molecule is [AlH2][O][AlH2].[Al]. The standard InChI is InChI=1S/3Al.O.4H. The minimum Gasteiger partial charge on any atom is -0.647 e. The van der Waals surface area contributed by atoms with E-state index in [0.717, 1.165) is 33.2 Å². The highest BCUT2D eigenvalue weighted by molar-refractivity contribution is 6.15. The van der Waals surface area contributed by atoms with Crippen LogP contribution in [-0.4, -0.2) is 50.6 Å². The maximum absolute atomic E-state index is 4.53. The Morgan fingerprint density at radius 2 is 1.25 bits per heavy atom. The van der Waals surface area contributed by atoms with Gasteiger partial charge in [-0.2, -0.15) is 0 Å². The molecule has 0 amide bonds. The molecular formula is H4Al3O. The van der Waals surface area contributed by atoms with Crippen LogP contribution in [0.4, 0.5) is 0 Å². The molecule has 1 nitrogen and oxygen atoms in total. The molecule has 0 N–H and O–H groups in total. The van der Waals surface area contributed by atoms with Gasteiger partial charge in [0.25, 0.3) is 0 Å². The average molecular weight is 101 g/mol. The predicted molar refractivity (Wildman–Crippen MR) is 23.9 cm³/mol. The molecular weight excluding hydrogens is 96.9 g/mol. The van der Waals surface area contributed by atoms with E-state index in [0.29, 0.717) is 0 Å². The summed E-state index contributed by atoms with van der Waals surface area (Å²) >= 11 is 1.86. The summed E-state index contributed by atoms with van der Waals surface area (Å²) in [5.41, 5.74) is 0. The highest BCUT2D eigenvalue weighted by atomic mass is 27.2. The summed E-state index contributed by atoms with van der Waals surface area (Å²) < 4.78 is 4.53. The molecule has 0 atom stereocenters. The van der Waals surface area contributed by atoms with Crippen molar-refractivity contribution >= 4 is 50.6 Å². The van der Waals surface area contributed by atoms with Crippen LogP contribution in [0.1, 0.15) is 0 Å². The molecule has 0 aliphatic heterocycles. The van der Waals surface area contributed by atoms with Gasteiger partial charge in [-0.05, 0) is 0 Å². The molecule has 0 saturated heterocycles. The highest BCUT2D eigenvalue weighted by Gasteiger charge is 1.37. The van der Waals surface area contributed by atoms with Gasteiger partial charge in [-0.3, -0.25) is 0 Å². The molecule has 0 aromatic rings. The van der Waals surface area contributed by atoms with Gasteiger partial charge in [0, 0.05) is 17.4 Å². The summed E-state index contributed by atoms with van der Waals surface area (Å²) in [7, 11) is 0. The summed E-state index contributed by atoms with van der Waals surface area (Å²) in [5.74, 6) is 0. The molecule has 3 radical (unpaired) electrons. The van der Waals surface area contributed by atoms with E-state index in [9.17, 15) is 0 Å². The van der Waals surface area contributed by atoms with Gasteiger partial charge in [0.1, 0.15) is 0 Å². The summed E-state index contributed by atoms with van der Waals surface area (Å²) in [6, 6.07) is 0. The van der Waals surface area contributed by atoms with Crippen molar-refractivity contribution in [2.75, 3.05) is 0 Å². The van der Waals surface area contributed by atoms with E-state index in [1.807, 2.05) is 0 Å². The van der Waals surface area contributed by atoms with Gasteiger partial charge in [-0.1, -0.05) is 0 Å². The molecule has 0 fully saturated rings. The lowest BCUT2D eigenvalue weighted by Gasteiger charge is -1.64. The smallest absolute Gasteiger partial charge is 0.379 e. The lowest BCUT2D eigenvalue weighted by Crippen LogP contribution is -1.65. The maximum atomic E-state index is 4.53. The predicted octanol–water partition coefficient (Wildman–Crippen LogP) is -2.28. The molecule has 0 aromatic carbocycles. The van der Waals surface area contributed by atoms with Crippen LogP contribution in [0, 0.1) is 0 Å².